The smallest absolute Gasteiger partial charge is 0.240 e. The molecule has 1 aromatic carbocycles. The number of hydrogen-bond donors (Lipinski definition) is 1. The second-order valence-corrected chi connectivity index (χ2v) is 7.68. The van der Waals surface area contributed by atoms with Crippen LogP contribution in [0.4, 0.5) is 5.88 Å². The monoisotopic (exact) mass is 367 g/mol. The fourth-order valence-electron chi connectivity index (χ4n) is 2.64. The van der Waals surface area contributed by atoms with Crippen LogP contribution in [-0.2, 0) is 16.8 Å². The molecule has 0 radical (unpaired) electrons. The SMILES string of the molecule is CN(CC(=O)Nc1cc(C(C)(C)C)no1)Cc1cnn(-c2ccccc2)c1. The number of likely N-dealkylation sites (N-methyl/N-ethyl adjacent to an activating group) is 1. The molecule has 7 nitrogen and oxygen atoms in total. The van der Waals surface area contributed by atoms with E-state index in [2.05, 4.69) is 15.6 Å². The highest BCUT2D eigenvalue weighted by Gasteiger charge is 2.20. The largest absolute Gasteiger partial charge is 0.338 e. The van der Waals surface area contributed by atoms with E-state index in [4.69, 9.17) is 4.52 Å². The molecule has 0 atom stereocenters. The molecule has 2 heterocycles. The Labute approximate surface area is 159 Å². The molecule has 0 saturated carbocycles. The first-order chi connectivity index (χ1) is 12.8. The molecule has 0 aliphatic carbocycles. The maximum Gasteiger partial charge on any atom is 0.240 e. The highest BCUT2D eigenvalue weighted by molar-refractivity contribution is 5.90. The number of amides is 1. The lowest BCUT2D eigenvalue weighted by Gasteiger charge is -2.14. The van der Waals surface area contributed by atoms with Crippen molar-refractivity contribution in [2.45, 2.75) is 32.7 Å². The lowest BCUT2D eigenvalue weighted by Crippen LogP contribution is -2.29. The first-order valence-corrected chi connectivity index (χ1v) is 8.86. The molecule has 7 heteroatoms. The van der Waals surface area contributed by atoms with Crippen molar-refractivity contribution in [3.8, 4) is 5.69 Å². The van der Waals surface area contributed by atoms with Crippen LogP contribution < -0.4 is 5.32 Å². The van der Waals surface area contributed by atoms with Crippen LogP contribution in [0.2, 0.25) is 0 Å². The van der Waals surface area contributed by atoms with Crippen LogP contribution >= 0.6 is 0 Å². The minimum absolute atomic E-state index is 0.123. The fourth-order valence-corrected chi connectivity index (χ4v) is 2.64. The summed E-state index contributed by atoms with van der Waals surface area (Å²) in [6.07, 6.45) is 3.78. The molecule has 142 valence electrons. The number of carbonyl (C=O) groups is 1. The van der Waals surface area contributed by atoms with Gasteiger partial charge in [-0.3, -0.25) is 15.0 Å². The lowest BCUT2D eigenvalue weighted by molar-refractivity contribution is -0.117. The van der Waals surface area contributed by atoms with Crippen LogP contribution in [0.15, 0.2) is 53.3 Å². The zero-order chi connectivity index (χ0) is 19.4. The maximum atomic E-state index is 12.2. The molecule has 0 aliphatic rings. The minimum Gasteiger partial charge on any atom is -0.338 e. The van der Waals surface area contributed by atoms with Crippen molar-refractivity contribution >= 4 is 11.8 Å². The Morgan fingerprint density at radius 2 is 2.00 bits per heavy atom. The van der Waals surface area contributed by atoms with Gasteiger partial charge in [-0.2, -0.15) is 5.10 Å². The molecule has 2 aromatic heterocycles. The van der Waals surface area contributed by atoms with Crippen molar-refractivity contribution in [3.05, 3.63) is 60.0 Å². The third-order valence-corrected chi connectivity index (χ3v) is 4.06. The van der Waals surface area contributed by atoms with Gasteiger partial charge in [0.15, 0.2) is 0 Å². The van der Waals surface area contributed by atoms with Crippen LogP contribution in [-0.4, -0.2) is 39.3 Å². The molecule has 0 saturated heterocycles. The molecule has 1 amide bonds. The van der Waals surface area contributed by atoms with E-state index in [0.717, 1.165) is 16.9 Å². The second kappa shape index (κ2) is 7.75. The van der Waals surface area contributed by atoms with E-state index in [1.165, 1.54) is 0 Å². The predicted octanol–water partition coefficient (Wildman–Crippen LogP) is 3.23. The molecule has 0 fully saturated rings. The summed E-state index contributed by atoms with van der Waals surface area (Å²) >= 11 is 0. The lowest BCUT2D eigenvalue weighted by atomic mass is 9.92. The van der Waals surface area contributed by atoms with Gasteiger partial charge in [0, 0.05) is 29.8 Å². The Balaban J connectivity index is 1.53. The van der Waals surface area contributed by atoms with E-state index in [-0.39, 0.29) is 17.9 Å². The van der Waals surface area contributed by atoms with Crippen molar-refractivity contribution in [3.63, 3.8) is 0 Å². The number of nitrogens with zero attached hydrogens (tertiary/aromatic N) is 4. The van der Waals surface area contributed by atoms with Gasteiger partial charge in [0.2, 0.25) is 11.8 Å². The van der Waals surface area contributed by atoms with Crippen molar-refractivity contribution in [1.29, 1.82) is 0 Å². The van der Waals surface area contributed by atoms with Gasteiger partial charge >= 0.3 is 0 Å². The van der Waals surface area contributed by atoms with Gasteiger partial charge in [-0.15, -0.1) is 0 Å². The summed E-state index contributed by atoms with van der Waals surface area (Å²) in [5.74, 6) is 0.222. The predicted molar refractivity (Wildman–Crippen MR) is 104 cm³/mol. The fraction of sp³-hybridized carbons (Fsp3) is 0.350. The number of carbonyl (C=O) groups excluding carboxylic acids is 1. The maximum absolute atomic E-state index is 12.2. The first kappa shape index (κ1) is 18.8. The van der Waals surface area contributed by atoms with Crippen LogP contribution in [0.25, 0.3) is 5.69 Å². The van der Waals surface area contributed by atoms with E-state index in [9.17, 15) is 4.79 Å². The third kappa shape index (κ3) is 5.04. The number of para-hydroxylation sites is 1. The number of rotatable bonds is 6. The average molecular weight is 367 g/mol. The Bertz CT molecular complexity index is 892. The molecule has 0 unspecified atom stereocenters. The van der Waals surface area contributed by atoms with E-state index < -0.39 is 0 Å². The zero-order valence-corrected chi connectivity index (χ0v) is 16.1. The molecule has 0 spiro atoms. The van der Waals surface area contributed by atoms with Gasteiger partial charge in [0.25, 0.3) is 0 Å². The van der Waals surface area contributed by atoms with Gasteiger partial charge in [-0.25, -0.2) is 4.68 Å². The van der Waals surface area contributed by atoms with Crippen LogP contribution in [0.3, 0.4) is 0 Å². The van der Waals surface area contributed by atoms with E-state index >= 15 is 0 Å². The normalized spacial score (nSPS) is 11.7. The summed E-state index contributed by atoms with van der Waals surface area (Å²) in [6, 6.07) is 11.7. The summed E-state index contributed by atoms with van der Waals surface area (Å²) in [5.41, 5.74) is 2.72. The van der Waals surface area contributed by atoms with Crippen molar-refractivity contribution in [1.82, 2.24) is 19.8 Å². The van der Waals surface area contributed by atoms with Gasteiger partial charge in [0.05, 0.1) is 24.1 Å². The Kier molecular flexibility index (Phi) is 5.41. The summed E-state index contributed by atoms with van der Waals surface area (Å²) < 4.78 is 7.03. The molecular weight excluding hydrogens is 342 g/mol. The summed E-state index contributed by atoms with van der Waals surface area (Å²) in [5, 5.41) is 11.1. The van der Waals surface area contributed by atoms with E-state index in [0.29, 0.717) is 12.4 Å². The van der Waals surface area contributed by atoms with Gasteiger partial charge < -0.3 is 4.52 Å². The highest BCUT2D eigenvalue weighted by atomic mass is 16.5. The van der Waals surface area contributed by atoms with Crippen molar-refractivity contribution in [2.24, 2.45) is 0 Å². The van der Waals surface area contributed by atoms with Crippen molar-refractivity contribution in [2.75, 3.05) is 18.9 Å². The Morgan fingerprint density at radius 1 is 1.26 bits per heavy atom. The van der Waals surface area contributed by atoms with Crippen LogP contribution in [0.5, 0.6) is 0 Å². The zero-order valence-electron chi connectivity index (χ0n) is 16.1. The molecule has 0 bridgehead atoms. The quantitative estimate of drug-likeness (QED) is 0.724. The second-order valence-electron chi connectivity index (χ2n) is 7.68. The average Bonchev–Trinajstić information content (AvgIpc) is 3.24. The molecule has 3 aromatic rings. The van der Waals surface area contributed by atoms with E-state index in [1.54, 1.807) is 6.07 Å². The number of aromatic nitrogens is 3. The Morgan fingerprint density at radius 3 is 2.67 bits per heavy atom. The third-order valence-electron chi connectivity index (χ3n) is 4.06. The number of benzene rings is 1. The van der Waals surface area contributed by atoms with Gasteiger partial charge in [-0.1, -0.05) is 44.1 Å². The standard InChI is InChI=1S/C20H25N5O2/c1-20(2,3)17-10-19(27-23-17)22-18(26)14-24(4)12-15-11-21-25(13-15)16-8-6-5-7-9-16/h5-11,13H,12,14H2,1-4H3,(H,22,26). The minimum atomic E-state index is -0.149. The summed E-state index contributed by atoms with van der Waals surface area (Å²) in [6.45, 7) is 6.98. The van der Waals surface area contributed by atoms with E-state index in [1.807, 2.05) is 80.1 Å². The summed E-state index contributed by atoms with van der Waals surface area (Å²) in [7, 11) is 1.89. The number of nitrogens with one attached hydrogen (secondary N) is 1. The molecule has 3 rings (SSSR count). The number of hydrogen-bond acceptors (Lipinski definition) is 5. The molecule has 1 N–H and O–H groups in total. The topological polar surface area (TPSA) is 76.2 Å². The molecular formula is C20H25N5O2. The summed E-state index contributed by atoms with van der Waals surface area (Å²) in [4.78, 5) is 14.2. The van der Waals surface area contributed by atoms with Crippen LogP contribution in [0, 0.1) is 0 Å². The first-order valence-electron chi connectivity index (χ1n) is 8.86. The van der Waals surface area contributed by atoms with Gasteiger partial charge in [0.1, 0.15) is 0 Å². The Hall–Kier alpha value is -2.93. The van der Waals surface area contributed by atoms with Crippen molar-refractivity contribution < 1.29 is 9.32 Å². The number of anilines is 1. The van der Waals surface area contributed by atoms with Gasteiger partial charge in [-0.05, 0) is 19.2 Å². The van der Waals surface area contributed by atoms with Crippen LogP contribution in [0.1, 0.15) is 32.0 Å². The molecule has 27 heavy (non-hydrogen) atoms. The highest BCUT2D eigenvalue weighted by Crippen LogP contribution is 2.23. The molecule has 0 aliphatic heterocycles.